The molecule has 0 atom stereocenters. The summed E-state index contributed by atoms with van der Waals surface area (Å²) >= 11 is 1.68. The van der Waals surface area contributed by atoms with E-state index >= 15 is 0 Å². The second-order valence-corrected chi connectivity index (χ2v) is 11.8. The van der Waals surface area contributed by atoms with Gasteiger partial charge in [0.15, 0.2) is 0 Å². The third-order valence-electron chi connectivity index (χ3n) is 7.76. The molecule has 5 aromatic rings. The normalized spacial score (nSPS) is 13.1. The Morgan fingerprint density at radius 1 is 1.00 bits per heavy atom. The summed E-state index contributed by atoms with van der Waals surface area (Å²) in [4.78, 5) is 21.2. The molecule has 3 heterocycles. The van der Waals surface area contributed by atoms with Crippen molar-refractivity contribution in [2.75, 3.05) is 33.2 Å². The first-order chi connectivity index (χ1) is 20.8. The number of nitrogens with zero attached hydrogens (tertiary/aromatic N) is 2. The van der Waals surface area contributed by atoms with Crippen LogP contribution < -0.4 is 15.0 Å². The van der Waals surface area contributed by atoms with Crippen LogP contribution in [0.15, 0.2) is 87.8 Å². The summed E-state index contributed by atoms with van der Waals surface area (Å²) in [5.74, 6) is 0.388. The molecule has 1 N–H and O–H groups in total. The Hall–Kier alpha value is -4.56. The minimum atomic E-state index is -0.353. The number of ether oxygens (including phenoxy) is 1. The first kappa shape index (κ1) is 28.6. The Bertz CT molecular complexity index is 1890. The third-order valence-corrected chi connectivity index (χ3v) is 9.10. The topological polar surface area (TPSA) is 67.6 Å². The first-order valence-corrected chi connectivity index (χ1v) is 14.9. The highest BCUT2D eigenvalue weighted by atomic mass is 32.2. The van der Waals surface area contributed by atoms with Crippen molar-refractivity contribution in [2.24, 2.45) is 0 Å². The van der Waals surface area contributed by atoms with Gasteiger partial charge in [-0.1, -0.05) is 41.6 Å². The molecule has 0 saturated carbocycles. The number of hydrogen-bond donors (Lipinski definition) is 1. The van der Waals surface area contributed by atoms with Gasteiger partial charge < -0.3 is 19.4 Å². The number of rotatable bonds is 6. The Labute approximate surface area is 254 Å². The van der Waals surface area contributed by atoms with E-state index in [2.05, 4.69) is 42.6 Å². The van der Waals surface area contributed by atoms with Gasteiger partial charge in [0, 0.05) is 60.4 Å². The number of hydrogen-bond acceptors (Lipinski definition) is 6. The number of methoxy groups -OCH3 is 1. The van der Waals surface area contributed by atoms with E-state index in [1.807, 2.05) is 37.2 Å². The Morgan fingerprint density at radius 3 is 2.49 bits per heavy atom. The molecular formula is C35H32FN3O3S. The number of nitrogens with one attached hydrogen (secondary N) is 1. The second kappa shape index (κ2) is 11.6. The van der Waals surface area contributed by atoms with E-state index < -0.39 is 0 Å². The standard InChI is InChI=1S/C35H32FN3O3S/c1-20-9-10-22-13-16-30(41-5)38-35(22)43-33(20)24-8-6-7-23(17-24)26-18-27-29(19-28(26)39(3)4)42-32(31(27)34(40)37-2)21-11-14-25(36)15-12-21/h6-8,11-19H,9-10H2,1-5H3,(H,37,40). The van der Waals surface area contributed by atoms with E-state index in [0.29, 0.717) is 33.7 Å². The average molecular weight is 594 g/mol. The number of thioether (sulfide) groups is 1. The van der Waals surface area contributed by atoms with Gasteiger partial charge in [0.2, 0.25) is 5.88 Å². The van der Waals surface area contributed by atoms with Crippen molar-refractivity contribution in [1.82, 2.24) is 10.3 Å². The molecule has 6 nitrogen and oxygen atoms in total. The number of aromatic nitrogens is 1. The number of benzene rings is 3. The number of amides is 1. The molecule has 1 amide bonds. The van der Waals surface area contributed by atoms with Crippen LogP contribution in [0.5, 0.6) is 5.88 Å². The number of pyridine rings is 1. The maximum Gasteiger partial charge on any atom is 0.255 e. The number of anilines is 1. The van der Waals surface area contributed by atoms with Crippen LogP contribution in [0.1, 0.15) is 34.8 Å². The zero-order valence-electron chi connectivity index (χ0n) is 24.7. The number of aryl methyl sites for hydroxylation is 1. The predicted octanol–water partition coefficient (Wildman–Crippen LogP) is 8.20. The third kappa shape index (κ3) is 5.39. The highest BCUT2D eigenvalue weighted by molar-refractivity contribution is 8.08. The van der Waals surface area contributed by atoms with Crippen LogP contribution in [0.2, 0.25) is 0 Å². The second-order valence-electron chi connectivity index (χ2n) is 10.8. The van der Waals surface area contributed by atoms with Crippen molar-refractivity contribution in [1.29, 1.82) is 0 Å². The molecule has 0 fully saturated rings. The number of allylic oxidation sites excluding steroid dienone is 1. The van der Waals surface area contributed by atoms with Crippen LogP contribution >= 0.6 is 11.8 Å². The number of carbonyl (C=O) groups excluding carboxylic acids is 1. The molecule has 0 aliphatic carbocycles. The van der Waals surface area contributed by atoms with E-state index in [1.54, 1.807) is 38.1 Å². The van der Waals surface area contributed by atoms with Crippen LogP contribution in [-0.2, 0) is 6.42 Å². The summed E-state index contributed by atoms with van der Waals surface area (Å²) in [6, 6.07) is 22.5. The molecule has 1 aliphatic heterocycles. The van der Waals surface area contributed by atoms with Crippen LogP contribution in [0.4, 0.5) is 10.1 Å². The molecular weight excluding hydrogens is 561 g/mol. The van der Waals surface area contributed by atoms with Crippen LogP contribution in [0.25, 0.3) is 38.3 Å². The minimum absolute atomic E-state index is 0.271. The van der Waals surface area contributed by atoms with Gasteiger partial charge in [-0.05, 0) is 72.9 Å². The molecule has 6 rings (SSSR count). The van der Waals surface area contributed by atoms with Crippen LogP contribution in [-0.4, -0.2) is 39.1 Å². The van der Waals surface area contributed by atoms with E-state index in [-0.39, 0.29) is 11.7 Å². The summed E-state index contributed by atoms with van der Waals surface area (Å²) in [6.07, 6.45) is 1.87. The fraction of sp³-hybridized carbons (Fsp3) is 0.200. The number of halogens is 1. The summed E-state index contributed by atoms with van der Waals surface area (Å²) in [7, 11) is 7.21. The molecule has 8 heteroatoms. The minimum Gasteiger partial charge on any atom is -0.481 e. The first-order valence-electron chi connectivity index (χ1n) is 14.1. The van der Waals surface area contributed by atoms with Crippen LogP contribution in [0.3, 0.4) is 0 Å². The highest BCUT2D eigenvalue weighted by Gasteiger charge is 2.24. The lowest BCUT2D eigenvalue weighted by Gasteiger charge is -2.19. The van der Waals surface area contributed by atoms with Crippen molar-refractivity contribution >= 4 is 39.2 Å². The lowest BCUT2D eigenvalue weighted by molar-refractivity contribution is 0.0964. The molecule has 1 aliphatic rings. The monoisotopic (exact) mass is 593 g/mol. The lowest BCUT2D eigenvalue weighted by Crippen LogP contribution is -2.18. The van der Waals surface area contributed by atoms with Gasteiger partial charge in [-0.2, -0.15) is 0 Å². The zero-order chi connectivity index (χ0) is 30.2. The SMILES string of the molecule is CNC(=O)c1c(-c2ccc(F)cc2)oc2cc(N(C)C)c(-c3cccc(C4=C(C)CCc5ccc(OC)nc5S4)c3)cc12. The lowest BCUT2D eigenvalue weighted by atomic mass is 9.96. The molecule has 218 valence electrons. The van der Waals surface area contributed by atoms with E-state index in [1.165, 1.54) is 28.2 Å². The Kier molecular flexibility index (Phi) is 7.71. The summed E-state index contributed by atoms with van der Waals surface area (Å²) in [5.41, 5.74) is 8.18. The summed E-state index contributed by atoms with van der Waals surface area (Å²) in [5, 5.41) is 4.41. The van der Waals surface area contributed by atoms with Gasteiger partial charge in [0.25, 0.3) is 5.91 Å². The molecule has 3 aromatic carbocycles. The van der Waals surface area contributed by atoms with Crippen molar-refractivity contribution < 1.29 is 18.3 Å². The van der Waals surface area contributed by atoms with Gasteiger partial charge in [-0.3, -0.25) is 4.79 Å². The molecule has 43 heavy (non-hydrogen) atoms. The van der Waals surface area contributed by atoms with Gasteiger partial charge in [-0.25, -0.2) is 9.37 Å². The maximum absolute atomic E-state index is 13.7. The van der Waals surface area contributed by atoms with E-state index in [9.17, 15) is 9.18 Å². The maximum atomic E-state index is 13.7. The number of furan rings is 1. The Balaban J connectivity index is 1.50. The summed E-state index contributed by atoms with van der Waals surface area (Å²) in [6.45, 7) is 2.19. The van der Waals surface area contributed by atoms with Gasteiger partial charge >= 0.3 is 0 Å². The van der Waals surface area contributed by atoms with Crippen molar-refractivity contribution in [3.05, 3.63) is 101 Å². The Morgan fingerprint density at radius 2 is 1.77 bits per heavy atom. The van der Waals surface area contributed by atoms with Crippen molar-refractivity contribution in [3.8, 4) is 28.3 Å². The fourth-order valence-corrected chi connectivity index (χ4v) is 6.64. The quantitative estimate of drug-likeness (QED) is 0.214. The smallest absolute Gasteiger partial charge is 0.255 e. The largest absolute Gasteiger partial charge is 0.481 e. The zero-order valence-corrected chi connectivity index (χ0v) is 25.6. The average Bonchev–Trinajstić information content (AvgIpc) is 3.31. The number of fused-ring (bicyclic) bond motifs is 2. The predicted molar refractivity (Wildman–Crippen MR) is 172 cm³/mol. The molecule has 0 bridgehead atoms. The summed E-state index contributed by atoms with van der Waals surface area (Å²) < 4.78 is 25.4. The fourth-order valence-electron chi connectivity index (χ4n) is 5.49. The van der Waals surface area contributed by atoms with Crippen molar-refractivity contribution in [3.63, 3.8) is 0 Å². The van der Waals surface area contributed by atoms with E-state index in [4.69, 9.17) is 14.1 Å². The number of carbonyl (C=O) groups is 1. The van der Waals surface area contributed by atoms with Gasteiger partial charge in [0.1, 0.15) is 22.2 Å². The molecule has 2 aromatic heterocycles. The molecule has 0 unspecified atom stereocenters. The van der Waals surface area contributed by atoms with Crippen molar-refractivity contribution in [2.45, 2.75) is 24.8 Å². The van der Waals surface area contributed by atoms with Crippen LogP contribution in [0, 0.1) is 5.82 Å². The molecule has 0 saturated heterocycles. The van der Waals surface area contributed by atoms with Gasteiger partial charge in [-0.15, -0.1) is 0 Å². The molecule has 0 radical (unpaired) electrons. The van der Waals surface area contributed by atoms with E-state index in [0.717, 1.165) is 40.2 Å². The molecule has 0 spiro atoms. The highest BCUT2D eigenvalue weighted by Crippen LogP contribution is 2.45. The van der Waals surface area contributed by atoms with Gasteiger partial charge in [0.05, 0.1) is 12.7 Å².